The molecule has 0 bridgehead atoms. The van der Waals surface area contributed by atoms with E-state index in [1.54, 1.807) is 0 Å². The lowest BCUT2D eigenvalue weighted by atomic mass is 10.2. The van der Waals surface area contributed by atoms with Crippen molar-refractivity contribution in [1.82, 2.24) is 10.2 Å². The maximum Gasteiger partial charge on any atom is 0.0431 e. The Kier molecular flexibility index (Phi) is 6.15. The number of unbranched alkanes of at least 4 members (excludes halogenated alkanes) is 1. The molecule has 1 unspecified atom stereocenters. The summed E-state index contributed by atoms with van der Waals surface area (Å²) < 4.78 is 0. The molecule has 3 nitrogen and oxygen atoms in total. The van der Waals surface area contributed by atoms with E-state index in [0.717, 1.165) is 25.9 Å². The molecule has 0 saturated carbocycles. The van der Waals surface area contributed by atoms with Gasteiger partial charge >= 0.3 is 0 Å². The summed E-state index contributed by atoms with van der Waals surface area (Å²) in [4.78, 5) is 2.48. The van der Waals surface area contributed by atoms with Gasteiger partial charge in [0.25, 0.3) is 0 Å². The van der Waals surface area contributed by atoms with Gasteiger partial charge in [-0.1, -0.05) is 6.92 Å². The molecule has 2 N–H and O–H groups in total. The molecule has 14 heavy (non-hydrogen) atoms. The third-order valence-electron chi connectivity index (χ3n) is 2.97. The zero-order valence-corrected chi connectivity index (χ0v) is 9.34. The highest BCUT2D eigenvalue weighted by Gasteiger charge is 2.16. The van der Waals surface area contributed by atoms with Crippen LogP contribution in [-0.4, -0.2) is 48.8 Å². The smallest absolute Gasteiger partial charge is 0.0431 e. The largest absolute Gasteiger partial charge is 0.396 e. The fourth-order valence-electron chi connectivity index (χ4n) is 2.05. The Hall–Kier alpha value is -0.120. The monoisotopic (exact) mass is 200 g/mol. The molecular weight excluding hydrogens is 176 g/mol. The van der Waals surface area contributed by atoms with Gasteiger partial charge in [-0.2, -0.15) is 0 Å². The first kappa shape index (κ1) is 12.0. The third-order valence-corrected chi connectivity index (χ3v) is 2.97. The predicted molar refractivity (Wildman–Crippen MR) is 59.5 cm³/mol. The highest BCUT2D eigenvalue weighted by Crippen LogP contribution is 2.07. The zero-order chi connectivity index (χ0) is 10.2. The van der Waals surface area contributed by atoms with E-state index in [4.69, 9.17) is 5.11 Å². The van der Waals surface area contributed by atoms with Crippen molar-refractivity contribution in [3.05, 3.63) is 0 Å². The fraction of sp³-hybridized carbons (Fsp3) is 1.00. The molecule has 0 radical (unpaired) electrons. The van der Waals surface area contributed by atoms with E-state index in [0.29, 0.717) is 12.6 Å². The Morgan fingerprint density at radius 1 is 1.43 bits per heavy atom. The molecule has 1 heterocycles. The second-order valence-electron chi connectivity index (χ2n) is 4.12. The number of likely N-dealkylation sites (N-methyl/N-ethyl adjacent to an activating group) is 1. The Labute approximate surface area is 87.5 Å². The second-order valence-corrected chi connectivity index (χ2v) is 4.12. The van der Waals surface area contributed by atoms with Crippen molar-refractivity contribution in [2.24, 2.45) is 0 Å². The lowest BCUT2D eigenvalue weighted by Crippen LogP contribution is -2.38. The Balaban J connectivity index is 2.10. The predicted octanol–water partition coefficient (Wildman–Crippen LogP) is 0.833. The summed E-state index contributed by atoms with van der Waals surface area (Å²) in [7, 11) is 0. The summed E-state index contributed by atoms with van der Waals surface area (Å²) in [6, 6.07) is 0.712. The molecule has 1 saturated heterocycles. The van der Waals surface area contributed by atoms with Crippen LogP contribution in [0.25, 0.3) is 0 Å². The van der Waals surface area contributed by atoms with Crippen molar-refractivity contribution in [2.45, 2.75) is 38.6 Å². The minimum Gasteiger partial charge on any atom is -0.396 e. The Bertz CT molecular complexity index is 135. The first-order valence-electron chi connectivity index (χ1n) is 5.93. The first-order valence-corrected chi connectivity index (χ1v) is 5.93. The summed E-state index contributed by atoms with van der Waals surface area (Å²) in [5, 5.41) is 12.2. The van der Waals surface area contributed by atoms with Crippen LogP contribution in [0, 0.1) is 0 Å². The van der Waals surface area contributed by atoms with Gasteiger partial charge in [0.1, 0.15) is 0 Å². The molecule has 1 aliphatic heterocycles. The number of aliphatic hydroxyl groups is 1. The van der Waals surface area contributed by atoms with Crippen LogP contribution in [0.15, 0.2) is 0 Å². The summed E-state index contributed by atoms with van der Waals surface area (Å²) in [5.41, 5.74) is 0. The molecule has 0 amide bonds. The van der Waals surface area contributed by atoms with Crippen LogP contribution in [0.1, 0.15) is 32.6 Å². The normalized spacial score (nSPS) is 22.1. The van der Waals surface area contributed by atoms with Gasteiger partial charge in [-0.25, -0.2) is 0 Å². The first-order chi connectivity index (χ1) is 6.86. The average molecular weight is 200 g/mol. The summed E-state index contributed by atoms with van der Waals surface area (Å²) >= 11 is 0. The molecule has 1 rings (SSSR count). The number of hydrogen-bond acceptors (Lipinski definition) is 3. The number of nitrogens with zero attached hydrogens (tertiary/aromatic N) is 1. The number of rotatable bonds is 7. The van der Waals surface area contributed by atoms with Gasteiger partial charge in [-0.05, 0) is 45.3 Å². The van der Waals surface area contributed by atoms with E-state index in [9.17, 15) is 0 Å². The van der Waals surface area contributed by atoms with E-state index in [-0.39, 0.29) is 0 Å². The number of aliphatic hydroxyl groups excluding tert-OH is 1. The Morgan fingerprint density at radius 3 is 2.86 bits per heavy atom. The molecular formula is C11H24N2O. The van der Waals surface area contributed by atoms with Crippen LogP contribution in [0.4, 0.5) is 0 Å². The van der Waals surface area contributed by atoms with Gasteiger partial charge in [0.05, 0.1) is 0 Å². The van der Waals surface area contributed by atoms with Crippen molar-refractivity contribution in [1.29, 1.82) is 0 Å². The van der Waals surface area contributed by atoms with Crippen LogP contribution in [0.5, 0.6) is 0 Å². The van der Waals surface area contributed by atoms with Gasteiger partial charge in [-0.15, -0.1) is 0 Å². The van der Waals surface area contributed by atoms with Crippen molar-refractivity contribution in [3.8, 4) is 0 Å². The molecule has 1 fully saturated rings. The van der Waals surface area contributed by atoms with Crippen molar-refractivity contribution in [2.75, 3.05) is 32.8 Å². The van der Waals surface area contributed by atoms with E-state index < -0.39 is 0 Å². The van der Waals surface area contributed by atoms with Gasteiger partial charge in [-0.3, -0.25) is 0 Å². The van der Waals surface area contributed by atoms with E-state index in [1.807, 2.05) is 0 Å². The molecule has 1 aliphatic rings. The van der Waals surface area contributed by atoms with Gasteiger partial charge in [0.2, 0.25) is 0 Å². The molecule has 84 valence electrons. The standard InChI is InChI=1S/C11H24N2O/c1-2-13(8-3-4-9-14)10-11-6-5-7-12-11/h11-12,14H,2-10H2,1H3. The minimum atomic E-state index is 0.333. The molecule has 0 aliphatic carbocycles. The second kappa shape index (κ2) is 7.21. The maximum absolute atomic E-state index is 8.71. The quantitative estimate of drug-likeness (QED) is 0.598. The molecule has 3 heteroatoms. The fourth-order valence-corrected chi connectivity index (χ4v) is 2.05. The molecule has 0 spiro atoms. The molecule has 0 aromatic rings. The van der Waals surface area contributed by atoms with Crippen LogP contribution < -0.4 is 5.32 Å². The average Bonchev–Trinajstić information content (AvgIpc) is 2.69. The van der Waals surface area contributed by atoms with Crippen LogP contribution >= 0.6 is 0 Å². The summed E-state index contributed by atoms with van der Waals surface area (Å²) in [6.45, 7) is 7.19. The van der Waals surface area contributed by atoms with E-state index in [1.165, 1.54) is 25.9 Å². The van der Waals surface area contributed by atoms with Crippen molar-refractivity contribution in [3.63, 3.8) is 0 Å². The highest BCUT2D eigenvalue weighted by molar-refractivity contribution is 4.77. The third kappa shape index (κ3) is 4.40. The van der Waals surface area contributed by atoms with Crippen LogP contribution in [-0.2, 0) is 0 Å². The molecule has 0 aromatic heterocycles. The maximum atomic E-state index is 8.71. The summed E-state index contributed by atoms with van der Waals surface area (Å²) in [5.74, 6) is 0. The van der Waals surface area contributed by atoms with Crippen LogP contribution in [0.3, 0.4) is 0 Å². The van der Waals surface area contributed by atoms with Gasteiger partial charge < -0.3 is 15.3 Å². The Morgan fingerprint density at radius 2 is 2.29 bits per heavy atom. The van der Waals surface area contributed by atoms with Crippen molar-refractivity contribution >= 4 is 0 Å². The van der Waals surface area contributed by atoms with E-state index in [2.05, 4.69) is 17.1 Å². The van der Waals surface area contributed by atoms with Crippen molar-refractivity contribution < 1.29 is 5.11 Å². The molecule has 1 atom stereocenters. The zero-order valence-electron chi connectivity index (χ0n) is 9.34. The number of hydrogen-bond donors (Lipinski definition) is 2. The lowest BCUT2D eigenvalue weighted by molar-refractivity contribution is 0.235. The summed E-state index contributed by atoms with van der Waals surface area (Å²) in [6.07, 6.45) is 4.72. The topological polar surface area (TPSA) is 35.5 Å². The SMILES string of the molecule is CCN(CCCCO)CC1CCCN1. The molecule has 0 aromatic carbocycles. The van der Waals surface area contributed by atoms with E-state index >= 15 is 0 Å². The lowest BCUT2D eigenvalue weighted by Gasteiger charge is -2.23. The minimum absolute atomic E-state index is 0.333. The number of nitrogens with one attached hydrogen (secondary N) is 1. The van der Waals surface area contributed by atoms with Crippen LogP contribution in [0.2, 0.25) is 0 Å². The highest BCUT2D eigenvalue weighted by atomic mass is 16.2. The van der Waals surface area contributed by atoms with Gasteiger partial charge in [0, 0.05) is 19.2 Å². The van der Waals surface area contributed by atoms with Gasteiger partial charge in [0.15, 0.2) is 0 Å².